The first kappa shape index (κ1) is 10.0. The predicted molar refractivity (Wildman–Crippen MR) is 80.2 cm³/mol. The minimum absolute atomic E-state index is 0.872. The molecule has 0 saturated heterocycles. The summed E-state index contributed by atoms with van der Waals surface area (Å²) in [6.45, 7) is 0. The van der Waals surface area contributed by atoms with E-state index in [4.69, 9.17) is 4.42 Å². The number of anilines is 2. The highest BCUT2D eigenvalue weighted by molar-refractivity contribution is 6.10. The number of nitrogens with zero attached hydrogens (tertiary/aromatic N) is 1. The Morgan fingerprint density at radius 1 is 0.950 bits per heavy atom. The van der Waals surface area contributed by atoms with Crippen LogP contribution in [0.5, 0.6) is 0 Å². The number of hydrogen-bond donors (Lipinski definition) is 1. The van der Waals surface area contributed by atoms with Crippen LogP contribution in [0.1, 0.15) is 0 Å². The first-order valence-corrected chi connectivity index (χ1v) is 6.56. The van der Waals surface area contributed by atoms with Gasteiger partial charge in [0.25, 0.3) is 0 Å². The summed E-state index contributed by atoms with van der Waals surface area (Å²) in [5.41, 5.74) is 5.06. The van der Waals surface area contributed by atoms with Gasteiger partial charge < -0.3 is 9.73 Å². The van der Waals surface area contributed by atoms with Crippen LogP contribution >= 0.6 is 0 Å². The molecule has 2 aromatic heterocycles. The fraction of sp³-hybridized carbons (Fsp3) is 0. The van der Waals surface area contributed by atoms with Gasteiger partial charge in [-0.3, -0.25) is 4.98 Å². The highest BCUT2D eigenvalue weighted by Crippen LogP contribution is 2.44. The van der Waals surface area contributed by atoms with Crippen molar-refractivity contribution < 1.29 is 4.42 Å². The molecule has 5 rings (SSSR count). The maximum atomic E-state index is 5.59. The standard InChI is InChI=1S/C17H10N2O/c1-2-4-11-8-13-12(7-10(11)3-1)17-16-14(19-13)9-20-15(16)5-6-18-17/h1-9,19H. The minimum Gasteiger partial charge on any atom is -0.462 e. The molecule has 0 saturated carbocycles. The smallest absolute Gasteiger partial charge is 0.139 e. The molecule has 0 amide bonds. The zero-order valence-corrected chi connectivity index (χ0v) is 10.6. The lowest BCUT2D eigenvalue weighted by Gasteiger charge is -2.18. The molecule has 0 radical (unpaired) electrons. The number of furan rings is 1. The molecule has 0 bridgehead atoms. The van der Waals surface area contributed by atoms with E-state index in [9.17, 15) is 0 Å². The van der Waals surface area contributed by atoms with Crippen LogP contribution in [0.4, 0.5) is 11.4 Å². The fourth-order valence-electron chi connectivity index (χ4n) is 2.96. The maximum Gasteiger partial charge on any atom is 0.139 e. The zero-order chi connectivity index (χ0) is 13.1. The summed E-state index contributed by atoms with van der Waals surface area (Å²) >= 11 is 0. The molecule has 1 aliphatic rings. The molecule has 94 valence electrons. The van der Waals surface area contributed by atoms with E-state index in [0.29, 0.717) is 0 Å². The van der Waals surface area contributed by atoms with Gasteiger partial charge in [0.05, 0.1) is 16.8 Å². The monoisotopic (exact) mass is 258 g/mol. The molecule has 0 atom stereocenters. The average molecular weight is 258 g/mol. The number of nitrogens with one attached hydrogen (secondary N) is 1. The highest BCUT2D eigenvalue weighted by atomic mass is 16.3. The van der Waals surface area contributed by atoms with Crippen molar-refractivity contribution in [2.45, 2.75) is 0 Å². The van der Waals surface area contributed by atoms with E-state index >= 15 is 0 Å². The second kappa shape index (κ2) is 3.39. The normalized spacial score (nSPS) is 12.4. The summed E-state index contributed by atoms with van der Waals surface area (Å²) in [6, 6.07) is 14.6. The van der Waals surface area contributed by atoms with E-state index < -0.39 is 0 Å². The van der Waals surface area contributed by atoms with Gasteiger partial charge in [-0.05, 0) is 29.0 Å². The van der Waals surface area contributed by atoms with Crippen LogP contribution < -0.4 is 5.32 Å². The molecule has 0 spiro atoms. The Hall–Kier alpha value is -2.81. The van der Waals surface area contributed by atoms with Gasteiger partial charge in [0.2, 0.25) is 0 Å². The van der Waals surface area contributed by atoms with Crippen molar-refractivity contribution in [2.24, 2.45) is 0 Å². The number of pyridine rings is 1. The molecule has 1 N–H and O–H groups in total. The van der Waals surface area contributed by atoms with E-state index in [1.165, 1.54) is 10.8 Å². The van der Waals surface area contributed by atoms with Gasteiger partial charge in [0.1, 0.15) is 11.8 Å². The number of hydrogen-bond acceptors (Lipinski definition) is 3. The van der Waals surface area contributed by atoms with E-state index in [1.807, 2.05) is 6.07 Å². The molecule has 3 heterocycles. The molecule has 0 unspecified atom stereocenters. The Morgan fingerprint density at radius 3 is 2.70 bits per heavy atom. The summed E-state index contributed by atoms with van der Waals surface area (Å²) in [6.07, 6.45) is 3.56. The number of rotatable bonds is 0. The zero-order valence-electron chi connectivity index (χ0n) is 10.6. The molecule has 3 heteroatoms. The lowest BCUT2D eigenvalue weighted by atomic mass is 9.97. The molecule has 4 aromatic rings. The second-order valence-electron chi connectivity index (χ2n) is 5.05. The van der Waals surface area contributed by atoms with Crippen molar-refractivity contribution in [2.75, 3.05) is 5.32 Å². The van der Waals surface area contributed by atoms with Crippen molar-refractivity contribution in [1.82, 2.24) is 4.98 Å². The van der Waals surface area contributed by atoms with Crippen molar-refractivity contribution in [3.8, 4) is 11.3 Å². The Labute approximate surface area is 114 Å². The first-order valence-electron chi connectivity index (χ1n) is 6.56. The van der Waals surface area contributed by atoms with Gasteiger partial charge in [-0.1, -0.05) is 24.3 Å². The van der Waals surface area contributed by atoms with Crippen molar-refractivity contribution in [1.29, 1.82) is 0 Å². The first-order chi connectivity index (χ1) is 9.90. The third-order valence-electron chi connectivity index (χ3n) is 3.90. The Morgan fingerprint density at radius 2 is 1.80 bits per heavy atom. The van der Waals surface area contributed by atoms with Crippen LogP contribution in [-0.2, 0) is 0 Å². The Kier molecular flexibility index (Phi) is 1.70. The fourth-order valence-corrected chi connectivity index (χ4v) is 2.96. The van der Waals surface area contributed by atoms with Crippen LogP contribution in [-0.4, -0.2) is 4.98 Å². The molecular formula is C17H10N2O. The summed E-state index contributed by atoms with van der Waals surface area (Å²) < 4.78 is 5.59. The Bertz CT molecular complexity index is 985. The van der Waals surface area contributed by atoms with Crippen molar-refractivity contribution >= 4 is 33.1 Å². The van der Waals surface area contributed by atoms with Crippen LogP contribution in [0.25, 0.3) is 33.0 Å². The summed E-state index contributed by atoms with van der Waals surface area (Å²) in [4.78, 5) is 4.56. The minimum atomic E-state index is 0.872. The van der Waals surface area contributed by atoms with Crippen molar-refractivity contribution in [3.63, 3.8) is 0 Å². The lowest BCUT2D eigenvalue weighted by molar-refractivity contribution is 0.617. The van der Waals surface area contributed by atoms with Gasteiger partial charge >= 0.3 is 0 Å². The van der Waals surface area contributed by atoms with Gasteiger partial charge in [-0.2, -0.15) is 0 Å². The van der Waals surface area contributed by atoms with Gasteiger partial charge in [0, 0.05) is 17.4 Å². The van der Waals surface area contributed by atoms with E-state index in [-0.39, 0.29) is 0 Å². The van der Waals surface area contributed by atoms with Crippen LogP contribution in [0.15, 0.2) is 59.3 Å². The quantitative estimate of drug-likeness (QED) is 0.437. The summed E-state index contributed by atoms with van der Waals surface area (Å²) in [7, 11) is 0. The highest BCUT2D eigenvalue weighted by Gasteiger charge is 2.21. The van der Waals surface area contributed by atoms with Gasteiger partial charge in [0.15, 0.2) is 0 Å². The molecular weight excluding hydrogens is 248 g/mol. The molecule has 0 fully saturated rings. The van der Waals surface area contributed by atoms with E-state index in [1.54, 1.807) is 12.5 Å². The topological polar surface area (TPSA) is 38.1 Å². The maximum absolute atomic E-state index is 5.59. The second-order valence-corrected chi connectivity index (χ2v) is 5.05. The predicted octanol–water partition coefficient (Wildman–Crippen LogP) is 4.71. The average Bonchev–Trinajstić information content (AvgIpc) is 2.90. The molecule has 3 nitrogen and oxygen atoms in total. The third-order valence-corrected chi connectivity index (χ3v) is 3.90. The number of fused-ring (bicyclic) bond motifs is 3. The van der Waals surface area contributed by atoms with Crippen LogP contribution in [0.3, 0.4) is 0 Å². The summed E-state index contributed by atoms with van der Waals surface area (Å²) in [5, 5.41) is 6.95. The molecule has 0 aliphatic carbocycles. The third kappa shape index (κ3) is 1.17. The van der Waals surface area contributed by atoms with E-state index in [2.05, 4.69) is 46.7 Å². The van der Waals surface area contributed by atoms with Gasteiger partial charge in [-0.15, -0.1) is 0 Å². The largest absolute Gasteiger partial charge is 0.462 e. The van der Waals surface area contributed by atoms with Gasteiger partial charge in [-0.25, -0.2) is 0 Å². The van der Waals surface area contributed by atoms with Crippen molar-refractivity contribution in [3.05, 3.63) is 54.9 Å². The SMILES string of the molecule is c1ccc2cc3c(cc2c1)Nc1coc2ccnc-3c12. The lowest BCUT2D eigenvalue weighted by Crippen LogP contribution is -2.00. The Balaban J connectivity index is 1.95. The number of aromatic nitrogens is 1. The van der Waals surface area contributed by atoms with Crippen LogP contribution in [0.2, 0.25) is 0 Å². The van der Waals surface area contributed by atoms with E-state index in [0.717, 1.165) is 33.6 Å². The summed E-state index contributed by atoms with van der Waals surface area (Å²) in [5.74, 6) is 0. The molecule has 1 aliphatic heterocycles. The molecule has 20 heavy (non-hydrogen) atoms. The van der Waals surface area contributed by atoms with Crippen LogP contribution in [0, 0.1) is 0 Å². The molecule has 2 aromatic carbocycles. The number of benzene rings is 2.